The monoisotopic (exact) mass is 522 g/mol. The van der Waals surface area contributed by atoms with E-state index in [1.54, 1.807) is 54.6 Å². The molecule has 4 rings (SSSR count). The molecule has 3 aromatic carbocycles. The summed E-state index contributed by atoms with van der Waals surface area (Å²) in [6, 6.07) is 17.8. The highest BCUT2D eigenvalue weighted by atomic mass is 32.2. The van der Waals surface area contributed by atoms with Crippen LogP contribution in [0.15, 0.2) is 87.3 Å². The summed E-state index contributed by atoms with van der Waals surface area (Å²) < 4.78 is 37.1. The Morgan fingerprint density at radius 3 is 2.32 bits per heavy atom. The van der Waals surface area contributed by atoms with E-state index in [0.717, 1.165) is 4.57 Å². The maximum atomic E-state index is 13.4. The molecule has 10 nitrogen and oxygen atoms in total. The van der Waals surface area contributed by atoms with Crippen LogP contribution in [0.2, 0.25) is 0 Å². The Morgan fingerprint density at radius 2 is 1.62 bits per heavy atom. The molecule has 0 aliphatic rings. The molecule has 0 unspecified atom stereocenters. The standard InChI is InChI=1S/C26H26N4O6S/c1-4-36-22-13-9-8-12-20(22)27-24(31)23(17-10-6-5-7-11-17)28-37(34,35)18-14-15-21-19(16-18)25(32)30(3)26(33)29(21)2/h5-16,23,28H,4H2,1-3H3,(H,27,31)/t23-/m1/s1. The minimum absolute atomic E-state index is 0.0545. The van der Waals surface area contributed by atoms with Crippen molar-refractivity contribution in [2.45, 2.75) is 17.9 Å². The average Bonchev–Trinajstić information content (AvgIpc) is 2.90. The average molecular weight is 523 g/mol. The molecule has 1 heterocycles. The van der Waals surface area contributed by atoms with Crippen LogP contribution in [0.4, 0.5) is 5.69 Å². The zero-order chi connectivity index (χ0) is 26.7. The number of para-hydroxylation sites is 2. The number of nitrogens with one attached hydrogen (secondary N) is 2. The lowest BCUT2D eigenvalue weighted by atomic mass is 10.1. The first-order valence-electron chi connectivity index (χ1n) is 11.4. The van der Waals surface area contributed by atoms with E-state index in [1.807, 2.05) is 6.92 Å². The van der Waals surface area contributed by atoms with Gasteiger partial charge >= 0.3 is 5.69 Å². The molecule has 11 heteroatoms. The van der Waals surface area contributed by atoms with E-state index in [-0.39, 0.29) is 15.8 Å². The number of hydrogen-bond donors (Lipinski definition) is 2. The summed E-state index contributed by atoms with van der Waals surface area (Å²) in [5.41, 5.74) is -0.0579. The second-order valence-corrected chi connectivity index (χ2v) is 9.98. The van der Waals surface area contributed by atoms with Crippen molar-refractivity contribution in [2.75, 3.05) is 11.9 Å². The summed E-state index contributed by atoms with van der Waals surface area (Å²) in [4.78, 5) is 38.1. The number of aromatic nitrogens is 2. The first-order valence-corrected chi connectivity index (χ1v) is 12.9. The van der Waals surface area contributed by atoms with Crippen molar-refractivity contribution in [3.05, 3.63) is 99.2 Å². The Kier molecular flexibility index (Phi) is 7.28. The Hall–Kier alpha value is -4.22. The molecule has 0 saturated carbocycles. The molecular weight excluding hydrogens is 496 g/mol. The number of anilines is 1. The number of sulfonamides is 1. The van der Waals surface area contributed by atoms with Crippen LogP contribution in [0.3, 0.4) is 0 Å². The number of benzene rings is 3. The van der Waals surface area contributed by atoms with Crippen molar-refractivity contribution in [1.82, 2.24) is 13.9 Å². The van der Waals surface area contributed by atoms with Crippen molar-refractivity contribution in [3.63, 3.8) is 0 Å². The number of ether oxygens (including phenoxy) is 1. The molecule has 0 aliphatic carbocycles. The third-order valence-corrected chi connectivity index (χ3v) is 7.28. The lowest BCUT2D eigenvalue weighted by molar-refractivity contribution is -0.117. The van der Waals surface area contributed by atoms with Gasteiger partial charge in [-0.3, -0.25) is 18.7 Å². The van der Waals surface area contributed by atoms with Crippen molar-refractivity contribution >= 4 is 32.5 Å². The molecule has 1 amide bonds. The Balaban J connectivity index is 1.74. The molecule has 2 N–H and O–H groups in total. The first-order chi connectivity index (χ1) is 17.6. The zero-order valence-electron chi connectivity index (χ0n) is 20.5. The smallest absolute Gasteiger partial charge is 0.330 e. The molecule has 0 saturated heterocycles. The number of amides is 1. The van der Waals surface area contributed by atoms with Gasteiger partial charge in [-0.2, -0.15) is 4.72 Å². The molecule has 0 aliphatic heterocycles. The second-order valence-electron chi connectivity index (χ2n) is 8.27. The SMILES string of the molecule is CCOc1ccccc1NC(=O)[C@H](NS(=O)(=O)c1ccc2c(c1)c(=O)n(C)c(=O)n2C)c1ccccc1. The fourth-order valence-corrected chi connectivity index (χ4v) is 5.15. The van der Waals surface area contributed by atoms with E-state index in [4.69, 9.17) is 4.74 Å². The normalized spacial score (nSPS) is 12.3. The first kappa shape index (κ1) is 25.9. The lowest BCUT2D eigenvalue weighted by Gasteiger charge is -2.20. The molecule has 0 radical (unpaired) electrons. The Labute approximate surface area is 213 Å². The molecule has 192 valence electrons. The summed E-state index contributed by atoms with van der Waals surface area (Å²) in [5, 5.41) is 2.80. The van der Waals surface area contributed by atoms with Crippen LogP contribution in [-0.4, -0.2) is 30.1 Å². The van der Waals surface area contributed by atoms with E-state index < -0.39 is 33.2 Å². The second kappa shape index (κ2) is 10.4. The third-order valence-electron chi connectivity index (χ3n) is 5.86. The number of carbonyl (C=O) groups is 1. The van der Waals surface area contributed by atoms with Gasteiger partial charge in [0, 0.05) is 14.1 Å². The number of rotatable bonds is 8. The van der Waals surface area contributed by atoms with Gasteiger partial charge in [-0.15, -0.1) is 0 Å². The molecule has 0 bridgehead atoms. The predicted molar refractivity (Wildman–Crippen MR) is 140 cm³/mol. The van der Waals surface area contributed by atoms with Gasteiger partial charge in [0.05, 0.1) is 28.1 Å². The number of fused-ring (bicyclic) bond motifs is 1. The summed E-state index contributed by atoms with van der Waals surface area (Å²) in [5.74, 6) is -0.176. The van der Waals surface area contributed by atoms with Crippen LogP contribution in [-0.2, 0) is 28.9 Å². The highest BCUT2D eigenvalue weighted by molar-refractivity contribution is 7.89. The highest BCUT2D eigenvalue weighted by Crippen LogP contribution is 2.26. The molecule has 4 aromatic rings. The van der Waals surface area contributed by atoms with Crippen LogP contribution in [0.25, 0.3) is 10.9 Å². The van der Waals surface area contributed by atoms with Crippen LogP contribution in [0.1, 0.15) is 18.5 Å². The van der Waals surface area contributed by atoms with Gasteiger partial charge in [-0.05, 0) is 42.8 Å². The fraction of sp³-hybridized carbons (Fsp3) is 0.192. The van der Waals surface area contributed by atoms with Crippen LogP contribution < -0.4 is 26.0 Å². The van der Waals surface area contributed by atoms with Crippen LogP contribution in [0.5, 0.6) is 5.75 Å². The number of nitrogens with zero attached hydrogens (tertiary/aromatic N) is 2. The zero-order valence-corrected chi connectivity index (χ0v) is 21.3. The largest absolute Gasteiger partial charge is 0.492 e. The van der Waals surface area contributed by atoms with Gasteiger partial charge in [0.2, 0.25) is 15.9 Å². The number of hydrogen-bond acceptors (Lipinski definition) is 6. The number of aryl methyl sites for hydroxylation is 1. The molecule has 1 atom stereocenters. The van der Waals surface area contributed by atoms with E-state index in [9.17, 15) is 22.8 Å². The molecule has 1 aromatic heterocycles. The third kappa shape index (κ3) is 5.18. The summed E-state index contributed by atoms with van der Waals surface area (Å²) in [6.07, 6.45) is 0. The fourth-order valence-electron chi connectivity index (χ4n) is 3.94. The van der Waals surface area contributed by atoms with Crippen molar-refractivity contribution < 1.29 is 17.9 Å². The molecule has 37 heavy (non-hydrogen) atoms. The minimum Gasteiger partial charge on any atom is -0.492 e. The Bertz CT molecular complexity index is 1690. The van der Waals surface area contributed by atoms with E-state index in [2.05, 4.69) is 10.0 Å². The topological polar surface area (TPSA) is 128 Å². The van der Waals surface area contributed by atoms with Gasteiger partial charge in [0.15, 0.2) is 0 Å². The van der Waals surface area contributed by atoms with Crippen molar-refractivity contribution in [1.29, 1.82) is 0 Å². The van der Waals surface area contributed by atoms with E-state index >= 15 is 0 Å². The Morgan fingerprint density at radius 1 is 0.946 bits per heavy atom. The molecular formula is C26H26N4O6S. The van der Waals surface area contributed by atoms with Gasteiger partial charge < -0.3 is 10.1 Å². The summed E-state index contributed by atoms with van der Waals surface area (Å²) >= 11 is 0. The maximum Gasteiger partial charge on any atom is 0.330 e. The van der Waals surface area contributed by atoms with Crippen molar-refractivity contribution in [3.8, 4) is 5.75 Å². The highest BCUT2D eigenvalue weighted by Gasteiger charge is 2.28. The van der Waals surface area contributed by atoms with Crippen LogP contribution >= 0.6 is 0 Å². The maximum absolute atomic E-state index is 13.4. The van der Waals surface area contributed by atoms with E-state index in [0.29, 0.717) is 23.6 Å². The van der Waals surface area contributed by atoms with Gasteiger partial charge in [0.25, 0.3) is 5.56 Å². The van der Waals surface area contributed by atoms with Gasteiger partial charge in [-0.1, -0.05) is 42.5 Å². The lowest BCUT2D eigenvalue weighted by Crippen LogP contribution is -2.38. The summed E-state index contributed by atoms with van der Waals surface area (Å²) in [7, 11) is -1.48. The number of carbonyl (C=O) groups excluding carboxylic acids is 1. The summed E-state index contributed by atoms with van der Waals surface area (Å²) in [6.45, 7) is 2.20. The predicted octanol–water partition coefficient (Wildman–Crippen LogP) is 2.29. The molecule has 0 spiro atoms. The van der Waals surface area contributed by atoms with Gasteiger partial charge in [-0.25, -0.2) is 13.2 Å². The van der Waals surface area contributed by atoms with Gasteiger partial charge in [0.1, 0.15) is 11.8 Å². The van der Waals surface area contributed by atoms with Crippen molar-refractivity contribution in [2.24, 2.45) is 14.1 Å². The van der Waals surface area contributed by atoms with Crippen LogP contribution in [0, 0.1) is 0 Å². The minimum atomic E-state index is -4.29. The quantitative estimate of drug-likeness (QED) is 0.365. The van der Waals surface area contributed by atoms with E-state index in [1.165, 1.54) is 36.9 Å². The molecule has 0 fully saturated rings.